The van der Waals surface area contributed by atoms with Crippen LogP contribution in [0.25, 0.3) is 0 Å². The molecule has 9 heteroatoms. The maximum Gasteiger partial charge on any atom is 0.338 e. The van der Waals surface area contributed by atoms with Crippen LogP contribution in [0.5, 0.6) is 11.5 Å². The molecule has 0 radical (unpaired) electrons. The third-order valence-corrected chi connectivity index (χ3v) is 7.64. The number of hydrogen-bond donors (Lipinski definition) is 0. The van der Waals surface area contributed by atoms with Crippen molar-refractivity contribution in [3.8, 4) is 11.5 Å². The number of esters is 2. The van der Waals surface area contributed by atoms with E-state index in [9.17, 15) is 19.7 Å². The lowest BCUT2D eigenvalue weighted by Gasteiger charge is -2.11. The molecule has 0 unspecified atom stereocenters. The van der Waals surface area contributed by atoms with Gasteiger partial charge in [0, 0.05) is 6.42 Å². The minimum atomic E-state index is -0.865. The number of nitrogens with zero attached hydrogens (tertiary/aromatic N) is 1. The van der Waals surface area contributed by atoms with Gasteiger partial charge >= 0.3 is 11.9 Å². The Kier molecular flexibility index (Phi) is 19.5. The standard InChI is InChI=1S/C20H27NO8.C16H24/c1-3-4-5-6-7-10-19(22)29-17-12-11-16(15-18(17)26-2)20(23)27-13-8-9-14-28-21(24)25;1-3-9-15(10-4-1)11-5-2-6-12-16-13-7-8-14-16/h4-5,11-12,15H,3,6-10,13-14H2,1-2H3;1,3-4,9-10,16H,2,5-8,11-14H2/b5-4-;. The predicted molar refractivity (Wildman–Crippen MR) is 175 cm³/mol. The van der Waals surface area contributed by atoms with Crippen molar-refractivity contribution in [1.82, 2.24) is 0 Å². The first kappa shape index (κ1) is 37.3. The fourth-order valence-corrected chi connectivity index (χ4v) is 5.18. The van der Waals surface area contributed by atoms with Gasteiger partial charge in [-0.2, -0.15) is 0 Å². The monoisotopic (exact) mass is 625 g/mol. The van der Waals surface area contributed by atoms with E-state index >= 15 is 0 Å². The number of methoxy groups -OCH3 is 1. The molecule has 9 nitrogen and oxygen atoms in total. The summed E-state index contributed by atoms with van der Waals surface area (Å²) in [6.07, 6.45) is 20.7. The fraction of sp³-hybridized carbons (Fsp3) is 0.556. The number of allylic oxidation sites excluding steroid dienone is 2. The number of unbranched alkanes of at least 4 members (excludes halogenated alkanes) is 4. The van der Waals surface area contributed by atoms with Crippen molar-refractivity contribution in [2.75, 3.05) is 20.3 Å². The Bertz CT molecular complexity index is 1140. The van der Waals surface area contributed by atoms with Gasteiger partial charge in [0.15, 0.2) is 11.5 Å². The summed E-state index contributed by atoms with van der Waals surface area (Å²) in [4.78, 5) is 38.2. The van der Waals surface area contributed by atoms with Crippen LogP contribution < -0.4 is 9.47 Å². The Morgan fingerprint density at radius 1 is 0.911 bits per heavy atom. The van der Waals surface area contributed by atoms with E-state index in [4.69, 9.17) is 14.2 Å². The summed E-state index contributed by atoms with van der Waals surface area (Å²) in [6, 6.07) is 15.3. The molecule has 0 aromatic heterocycles. The molecule has 1 saturated carbocycles. The van der Waals surface area contributed by atoms with Crippen LogP contribution >= 0.6 is 0 Å². The third-order valence-electron chi connectivity index (χ3n) is 7.64. The summed E-state index contributed by atoms with van der Waals surface area (Å²) < 4.78 is 15.6. The lowest BCUT2D eigenvalue weighted by Crippen LogP contribution is -2.10. The second-order valence-corrected chi connectivity index (χ2v) is 11.2. The van der Waals surface area contributed by atoms with E-state index in [-0.39, 0.29) is 42.7 Å². The van der Waals surface area contributed by atoms with Crippen molar-refractivity contribution in [2.24, 2.45) is 5.92 Å². The second-order valence-electron chi connectivity index (χ2n) is 11.2. The van der Waals surface area contributed by atoms with E-state index in [0.29, 0.717) is 19.3 Å². The number of rotatable bonds is 20. The number of hydrogen-bond acceptors (Lipinski definition) is 8. The van der Waals surface area contributed by atoms with Gasteiger partial charge in [-0.1, -0.05) is 94.4 Å². The molecular formula is C36H51NO8. The van der Waals surface area contributed by atoms with E-state index in [0.717, 1.165) is 18.8 Å². The molecule has 0 spiro atoms. The quantitative estimate of drug-likeness (QED) is 0.0358. The maximum atomic E-state index is 12.1. The normalized spacial score (nSPS) is 12.8. The Morgan fingerprint density at radius 2 is 1.67 bits per heavy atom. The second kappa shape index (κ2) is 23.5. The van der Waals surface area contributed by atoms with Crippen LogP contribution in [0.3, 0.4) is 0 Å². The van der Waals surface area contributed by atoms with Gasteiger partial charge in [0.25, 0.3) is 5.09 Å². The van der Waals surface area contributed by atoms with Crippen molar-refractivity contribution in [2.45, 2.75) is 103 Å². The summed E-state index contributed by atoms with van der Waals surface area (Å²) in [5.41, 5.74) is 1.75. The van der Waals surface area contributed by atoms with E-state index < -0.39 is 11.1 Å². The lowest BCUT2D eigenvalue weighted by atomic mass is 9.98. The Hall–Kier alpha value is -3.88. The summed E-state index contributed by atoms with van der Waals surface area (Å²) in [6.45, 7) is 2.10. The highest BCUT2D eigenvalue weighted by atomic mass is 16.9. The minimum Gasteiger partial charge on any atom is -0.493 e. The van der Waals surface area contributed by atoms with Crippen LogP contribution in [0.1, 0.15) is 113 Å². The van der Waals surface area contributed by atoms with Crippen LogP contribution in [0.2, 0.25) is 0 Å². The van der Waals surface area contributed by atoms with Crippen LogP contribution in [-0.2, 0) is 20.8 Å². The van der Waals surface area contributed by atoms with Crippen LogP contribution in [0.15, 0.2) is 60.7 Å². The molecule has 1 fully saturated rings. The molecule has 2 aromatic carbocycles. The van der Waals surface area contributed by atoms with Gasteiger partial charge in [-0.25, -0.2) is 4.79 Å². The Labute approximate surface area is 268 Å². The van der Waals surface area contributed by atoms with Crippen molar-refractivity contribution in [1.29, 1.82) is 0 Å². The molecule has 2 aromatic rings. The molecule has 0 bridgehead atoms. The van der Waals surface area contributed by atoms with Crippen molar-refractivity contribution in [3.05, 3.63) is 81.9 Å². The number of ether oxygens (including phenoxy) is 3. The average Bonchev–Trinajstić information content (AvgIpc) is 3.57. The molecule has 248 valence electrons. The van der Waals surface area contributed by atoms with Gasteiger partial charge in [-0.3, -0.25) is 4.79 Å². The molecular weight excluding hydrogens is 574 g/mol. The third kappa shape index (κ3) is 17.3. The molecule has 0 amide bonds. The van der Waals surface area contributed by atoms with Gasteiger partial charge < -0.3 is 19.0 Å². The summed E-state index contributed by atoms with van der Waals surface area (Å²) in [5.74, 6) is 0.615. The lowest BCUT2D eigenvalue weighted by molar-refractivity contribution is -0.757. The largest absolute Gasteiger partial charge is 0.493 e. The number of carbonyl (C=O) groups excluding carboxylic acids is 2. The van der Waals surface area contributed by atoms with Gasteiger partial charge in [0.1, 0.15) is 0 Å². The summed E-state index contributed by atoms with van der Waals surface area (Å²) in [7, 11) is 1.41. The minimum absolute atomic E-state index is 0.0483. The number of carbonyl (C=O) groups is 2. The zero-order valence-electron chi connectivity index (χ0n) is 27.1. The fourth-order valence-electron chi connectivity index (χ4n) is 5.18. The molecule has 45 heavy (non-hydrogen) atoms. The van der Waals surface area contributed by atoms with Crippen LogP contribution in [0.4, 0.5) is 0 Å². The average molecular weight is 626 g/mol. The topological polar surface area (TPSA) is 114 Å². The maximum absolute atomic E-state index is 12.1. The number of aryl methyl sites for hydroxylation is 1. The predicted octanol–water partition coefficient (Wildman–Crippen LogP) is 8.86. The van der Waals surface area contributed by atoms with Gasteiger partial charge in [0.2, 0.25) is 0 Å². The van der Waals surface area contributed by atoms with Crippen LogP contribution in [-0.4, -0.2) is 37.3 Å². The first-order valence-electron chi connectivity index (χ1n) is 16.4. The van der Waals surface area contributed by atoms with E-state index in [1.165, 1.54) is 88.7 Å². The van der Waals surface area contributed by atoms with Crippen molar-refractivity contribution >= 4 is 11.9 Å². The molecule has 0 saturated heterocycles. The zero-order chi connectivity index (χ0) is 32.5. The molecule has 0 N–H and O–H groups in total. The van der Waals surface area contributed by atoms with Crippen molar-refractivity contribution < 1.29 is 33.7 Å². The van der Waals surface area contributed by atoms with E-state index in [1.54, 1.807) is 0 Å². The summed E-state index contributed by atoms with van der Waals surface area (Å²) >= 11 is 0. The first-order chi connectivity index (χ1) is 21.9. The molecule has 1 aliphatic rings. The van der Waals surface area contributed by atoms with Crippen molar-refractivity contribution in [3.63, 3.8) is 0 Å². The van der Waals surface area contributed by atoms with Gasteiger partial charge in [-0.15, -0.1) is 10.1 Å². The highest BCUT2D eigenvalue weighted by Gasteiger charge is 2.15. The molecule has 0 aliphatic heterocycles. The van der Waals surface area contributed by atoms with Gasteiger partial charge in [0.05, 0.1) is 25.9 Å². The highest BCUT2D eigenvalue weighted by Crippen LogP contribution is 2.30. The molecule has 0 heterocycles. The number of benzene rings is 2. The summed E-state index contributed by atoms with van der Waals surface area (Å²) in [5, 5.41) is 9.16. The Balaban J connectivity index is 0.000000368. The molecule has 1 aliphatic carbocycles. The van der Waals surface area contributed by atoms with Crippen LogP contribution in [0, 0.1) is 16.0 Å². The highest BCUT2D eigenvalue weighted by molar-refractivity contribution is 5.90. The smallest absolute Gasteiger partial charge is 0.338 e. The Morgan fingerprint density at radius 3 is 2.38 bits per heavy atom. The molecule has 3 rings (SSSR count). The van der Waals surface area contributed by atoms with Gasteiger partial charge in [-0.05, 0) is 74.6 Å². The molecule has 0 atom stereocenters. The zero-order valence-corrected chi connectivity index (χ0v) is 27.1. The SMILES string of the molecule is CC/C=C\CCCC(=O)Oc1ccc(C(=O)OCCCCO[N+](=O)[O-])cc1OC.c1ccc(CCCCCC2CCCC2)cc1. The van der Waals surface area contributed by atoms with E-state index in [1.807, 2.05) is 19.1 Å². The first-order valence-corrected chi connectivity index (χ1v) is 16.4. The van der Waals surface area contributed by atoms with E-state index in [2.05, 4.69) is 35.2 Å².